The lowest BCUT2D eigenvalue weighted by atomic mass is 9.95. The standard InChI is InChI=1S/C17H22Cl2N4O3/c1-17(2,3)26-16(24)23-6-7-25-15(12(10-23)9-21-22-20)11-4-5-13(18)14(19)8-11/h4-5,8,12,15H,6-7,9-10H2,1-3H3. The van der Waals surface area contributed by atoms with Crippen molar-refractivity contribution in [3.63, 3.8) is 0 Å². The molecule has 0 aromatic heterocycles. The van der Waals surface area contributed by atoms with Gasteiger partial charge in [0.25, 0.3) is 0 Å². The number of nitrogens with zero attached hydrogens (tertiary/aromatic N) is 4. The Morgan fingerprint density at radius 1 is 1.42 bits per heavy atom. The average molecular weight is 401 g/mol. The number of carbonyl (C=O) groups is 1. The summed E-state index contributed by atoms with van der Waals surface area (Å²) in [7, 11) is 0. The van der Waals surface area contributed by atoms with Crippen LogP contribution in [0.15, 0.2) is 23.3 Å². The van der Waals surface area contributed by atoms with Gasteiger partial charge in [-0.3, -0.25) is 0 Å². The first-order valence-electron chi connectivity index (χ1n) is 8.26. The Labute approximate surface area is 162 Å². The van der Waals surface area contributed by atoms with Gasteiger partial charge in [0.05, 0.1) is 22.8 Å². The van der Waals surface area contributed by atoms with Crippen LogP contribution in [0.5, 0.6) is 0 Å². The fourth-order valence-corrected chi connectivity index (χ4v) is 3.05. The SMILES string of the molecule is CC(C)(C)OC(=O)N1CCOC(c2ccc(Cl)c(Cl)c2)C(CN=[N+]=[N-])C1. The van der Waals surface area contributed by atoms with Crippen LogP contribution in [0.25, 0.3) is 10.4 Å². The number of carbonyl (C=O) groups excluding carboxylic acids is 1. The molecule has 0 bridgehead atoms. The number of hydrogen-bond acceptors (Lipinski definition) is 4. The lowest BCUT2D eigenvalue weighted by Crippen LogP contribution is -2.40. The molecule has 1 aromatic carbocycles. The Hall–Kier alpha value is -1.66. The van der Waals surface area contributed by atoms with Crippen LogP contribution in [0.4, 0.5) is 4.79 Å². The first-order valence-corrected chi connectivity index (χ1v) is 9.02. The van der Waals surface area contributed by atoms with Crippen LogP contribution in [0, 0.1) is 5.92 Å². The highest BCUT2D eigenvalue weighted by Gasteiger charge is 2.33. The molecule has 1 aliphatic rings. The molecular formula is C17H22Cl2N4O3. The van der Waals surface area contributed by atoms with Gasteiger partial charge in [-0.2, -0.15) is 0 Å². The maximum Gasteiger partial charge on any atom is 0.410 e. The summed E-state index contributed by atoms with van der Waals surface area (Å²) in [6.45, 7) is 6.69. The number of azide groups is 1. The molecule has 9 heteroatoms. The molecule has 1 fully saturated rings. The van der Waals surface area contributed by atoms with Crippen LogP contribution >= 0.6 is 23.2 Å². The predicted molar refractivity (Wildman–Crippen MR) is 100 cm³/mol. The molecule has 2 unspecified atom stereocenters. The minimum Gasteiger partial charge on any atom is -0.444 e. The Morgan fingerprint density at radius 2 is 2.15 bits per heavy atom. The summed E-state index contributed by atoms with van der Waals surface area (Å²) in [5.74, 6) is -0.238. The largest absolute Gasteiger partial charge is 0.444 e. The van der Waals surface area contributed by atoms with E-state index in [9.17, 15) is 4.79 Å². The van der Waals surface area contributed by atoms with Crippen molar-refractivity contribution in [2.24, 2.45) is 11.0 Å². The highest BCUT2D eigenvalue weighted by molar-refractivity contribution is 6.42. The summed E-state index contributed by atoms with van der Waals surface area (Å²) in [5.41, 5.74) is 8.94. The molecule has 2 rings (SSSR count). The zero-order valence-corrected chi connectivity index (χ0v) is 16.5. The molecule has 1 saturated heterocycles. The van der Waals surface area contributed by atoms with Crippen LogP contribution in [-0.2, 0) is 9.47 Å². The minimum atomic E-state index is -0.590. The lowest BCUT2D eigenvalue weighted by Gasteiger charge is -2.29. The van der Waals surface area contributed by atoms with Gasteiger partial charge in [-0.05, 0) is 44.0 Å². The summed E-state index contributed by atoms with van der Waals surface area (Å²) >= 11 is 12.1. The van der Waals surface area contributed by atoms with Crippen molar-refractivity contribution in [3.8, 4) is 0 Å². The summed E-state index contributed by atoms with van der Waals surface area (Å²) in [4.78, 5) is 16.9. The summed E-state index contributed by atoms with van der Waals surface area (Å²) < 4.78 is 11.4. The molecule has 1 heterocycles. The van der Waals surface area contributed by atoms with Gasteiger partial charge >= 0.3 is 6.09 Å². The summed E-state index contributed by atoms with van der Waals surface area (Å²) in [6.07, 6.45) is -0.787. The van der Waals surface area contributed by atoms with Crippen molar-refractivity contribution < 1.29 is 14.3 Å². The molecule has 26 heavy (non-hydrogen) atoms. The van der Waals surface area contributed by atoms with Crippen LogP contribution in [-0.4, -0.2) is 42.8 Å². The Morgan fingerprint density at radius 3 is 2.77 bits per heavy atom. The third kappa shape index (κ3) is 5.68. The molecule has 0 spiro atoms. The van der Waals surface area contributed by atoms with Gasteiger partial charge in [0.15, 0.2) is 0 Å². The predicted octanol–water partition coefficient (Wildman–Crippen LogP) is 5.23. The smallest absolute Gasteiger partial charge is 0.410 e. The molecule has 1 aromatic rings. The van der Waals surface area contributed by atoms with Gasteiger partial charge in [0, 0.05) is 30.5 Å². The van der Waals surface area contributed by atoms with Crippen molar-refractivity contribution in [1.29, 1.82) is 0 Å². The lowest BCUT2D eigenvalue weighted by molar-refractivity contribution is 0.0231. The molecule has 1 amide bonds. The average Bonchev–Trinajstić information content (AvgIpc) is 2.76. The van der Waals surface area contributed by atoms with Gasteiger partial charge < -0.3 is 14.4 Å². The monoisotopic (exact) mass is 400 g/mol. The Kier molecular flexibility index (Phi) is 7.01. The van der Waals surface area contributed by atoms with Crippen molar-refractivity contribution in [3.05, 3.63) is 44.3 Å². The molecule has 7 nitrogen and oxygen atoms in total. The molecule has 2 atom stereocenters. The van der Waals surface area contributed by atoms with Crippen molar-refractivity contribution in [1.82, 2.24) is 4.90 Å². The van der Waals surface area contributed by atoms with Crippen LogP contribution in [0.3, 0.4) is 0 Å². The maximum absolute atomic E-state index is 12.4. The van der Waals surface area contributed by atoms with Crippen molar-refractivity contribution in [2.75, 3.05) is 26.2 Å². The molecule has 0 saturated carbocycles. The second-order valence-corrected chi connectivity index (χ2v) is 7.88. The van der Waals surface area contributed by atoms with E-state index >= 15 is 0 Å². The number of hydrogen-bond donors (Lipinski definition) is 0. The number of halogens is 2. The van der Waals surface area contributed by atoms with Crippen LogP contribution < -0.4 is 0 Å². The van der Waals surface area contributed by atoms with E-state index in [0.717, 1.165) is 5.56 Å². The molecule has 0 aliphatic carbocycles. The molecule has 0 N–H and O–H groups in total. The zero-order chi connectivity index (χ0) is 19.3. The van der Waals surface area contributed by atoms with E-state index in [1.54, 1.807) is 17.0 Å². The highest BCUT2D eigenvalue weighted by atomic mass is 35.5. The van der Waals surface area contributed by atoms with Crippen LogP contribution in [0.2, 0.25) is 10.0 Å². The van der Waals surface area contributed by atoms with Crippen molar-refractivity contribution >= 4 is 29.3 Å². The highest BCUT2D eigenvalue weighted by Crippen LogP contribution is 2.33. The fourth-order valence-electron chi connectivity index (χ4n) is 2.74. The Bertz CT molecular complexity index is 702. The molecular weight excluding hydrogens is 379 g/mol. The van der Waals surface area contributed by atoms with Crippen molar-refractivity contribution in [2.45, 2.75) is 32.5 Å². The van der Waals surface area contributed by atoms with E-state index in [-0.39, 0.29) is 18.6 Å². The molecule has 142 valence electrons. The normalized spacial score (nSPS) is 20.9. The van der Waals surface area contributed by atoms with Gasteiger partial charge in [0.2, 0.25) is 0 Å². The first-order chi connectivity index (χ1) is 12.2. The minimum absolute atomic E-state index is 0.181. The van der Waals surface area contributed by atoms with Gasteiger partial charge in [0.1, 0.15) is 5.60 Å². The number of rotatable bonds is 3. The topological polar surface area (TPSA) is 87.5 Å². The Balaban J connectivity index is 2.25. The molecule has 1 aliphatic heterocycles. The van der Waals surface area contributed by atoms with E-state index in [2.05, 4.69) is 10.0 Å². The van der Waals surface area contributed by atoms with E-state index in [1.807, 2.05) is 26.8 Å². The van der Waals surface area contributed by atoms with E-state index in [1.165, 1.54) is 0 Å². The fraction of sp³-hybridized carbons (Fsp3) is 0.588. The number of amides is 1. The van der Waals surface area contributed by atoms with Gasteiger partial charge in [-0.15, -0.1) is 0 Å². The van der Waals surface area contributed by atoms with E-state index in [0.29, 0.717) is 29.7 Å². The number of ether oxygens (including phenoxy) is 2. The van der Waals surface area contributed by atoms with Crippen LogP contribution in [0.1, 0.15) is 32.4 Å². The second kappa shape index (κ2) is 8.82. The first kappa shape index (κ1) is 20.6. The third-order valence-electron chi connectivity index (χ3n) is 3.84. The third-order valence-corrected chi connectivity index (χ3v) is 4.58. The van der Waals surface area contributed by atoms with Gasteiger partial charge in [-0.1, -0.05) is 34.4 Å². The van der Waals surface area contributed by atoms with E-state index in [4.69, 9.17) is 38.2 Å². The second-order valence-electron chi connectivity index (χ2n) is 7.06. The zero-order valence-electron chi connectivity index (χ0n) is 15.0. The molecule has 0 radical (unpaired) electrons. The quantitative estimate of drug-likeness (QED) is 0.395. The maximum atomic E-state index is 12.4. The van der Waals surface area contributed by atoms with Gasteiger partial charge in [-0.25, -0.2) is 4.79 Å². The number of benzene rings is 1. The summed E-state index contributed by atoms with van der Waals surface area (Å²) in [6, 6.07) is 5.26. The van der Waals surface area contributed by atoms with E-state index < -0.39 is 11.7 Å². The summed E-state index contributed by atoms with van der Waals surface area (Å²) in [5, 5.41) is 4.55.